The van der Waals surface area contributed by atoms with Gasteiger partial charge in [-0.3, -0.25) is 4.79 Å². The second kappa shape index (κ2) is 5.45. The first-order valence-electron chi connectivity index (χ1n) is 6.02. The predicted molar refractivity (Wildman–Crippen MR) is 73.6 cm³/mol. The summed E-state index contributed by atoms with van der Waals surface area (Å²) in [5.41, 5.74) is 2.47. The molecule has 0 unspecified atom stereocenters. The van der Waals surface area contributed by atoms with Gasteiger partial charge in [0.05, 0.1) is 10.6 Å². The molecular formula is C14H14ClNO3. The van der Waals surface area contributed by atoms with E-state index < -0.39 is 5.97 Å². The molecule has 1 amide bonds. The van der Waals surface area contributed by atoms with Crippen LogP contribution in [0.4, 0.5) is 5.69 Å². The van der Waals surface area contributed by atoms with Gasteiger partial charge in [0.25, 0.3) is 5.91 Å². The summed E-state index contributed by atoms with van der Waals surface area (Å²) in [5, 5.41) is 11.7. The van der Waals surface area contributed by atoms with Gasteiger partial charge in [0, 0.05) is 11.3 Å². The van der Waals surface area contributed by atoms with Crippen LogP contribution >= 0.6 is 11.6 Å². The lowest BCUT2D eigenvalue weighted by Gasteiger charge is -2.08. The molecule has 0 aliphatic heterocycles. The summed E-state index contributed by atoms with van der Waals surface area (Å²) in [5.74, 6) is -1.22. The van der Waals surface area contributed by atoms with Gasteiger partial charge in [0.2, 0.25) is 0 Å². The Hall–Kier alpha value is -1.81. The Morgan fingerprint density at radius 2 is 2.05 bits per heavy atom. The van der Waals surface area contributed by atoms with Crippen molar-refractivity contribution < 1.29 is 14.7 Å². The lowest BCUT2D eigenvalue weighted by Crippen LogP contribution is -2.14. The van der Waals surface area contributed by atoms with E-state index in [4.69, 9.17) is 16.7 Å². The van der Waals surface area contributed by atoms with Gasteiger partial charge in [-0.25, -0.2) is 4.79 Å². The Kier molecular flexibility index (Phi) is 3.90. The maximum absolute atomic E-state index is 12.0. The van der Waals surface area contributed by atoms with Crippen molar-refractivity contribution in [3.8, 4) is 0 Å². The molecule has 2 rings (SSSR count). The summed E-state index contributed by atoms with van der Waals surface area (Å²) in [7, 11) is 0. The summed E-state index contributed by atoms with van der Waals surface area (Å²) in [6.07, 6.45) is 2.76. The molecule has 0 saturated heterocycles. The molecule has 1 aliphatic rings. The van der Waals surface area contributed by atoms with Gasteiger partial charge in [0.1, 0.15) is 0 Å². The maximum Gasteiger partial charge on any atom is 0.337 e. The third-order valence-corrected chi connectivity index (χ3v) is 3.54. The van der Waals surface area contributed by atoms with E-state index in [0.717, 1.165) is 30.4 Å². The molecule has 0 aromatic heterocycles. The third kappa shape index (κ3) is 2.96. The highest BCUT2D eigenvalue weighted by Gasteiger charge is 2.18. The number of benzene rings is 1. The van der Waals surface area contributed by atoms with Crippen LogP contribution in [0.5, 0.6) is 0 Å². The molecule has 19 heavy (non-hydrogen) atoms. The number of nitrogens with one attached hydrogen (secondary N) is 1. The van der Waals surface area contributed by atoms with Crippen LogP contribution in [0.3, 0.4) is 0 Å². The summed E-state index contributed by atoms with van der Waals surface area (Å²) >= 11 is 5.85. The molecule has 0 bridgehead atoms. The van der Waals surface area contributed by atoms with Crippen molar-refractivity contribution >= 4 is 29.2 Å². The minimum atomic E-state index is -1.09. The van der Waals surface area contributed by atoms with Crippen molar-refractivity contribution in [2.75, 3.05) is 5.32 Å². The number of carbonyl (C=O) groups is 2. The number of anilines is 1. The number of rotatable bonds is 3. The van der Waals surface area contributed by atoms with E-state index in [1.165, 1.54) is 18.2 Å². The maximum atomic E-state index is 12.0. The Labute approximate surface area is 116 Å². The largest absolute Gasteiger partial charge is 0.478 e. The van der Waals surface area contributed by atoms with Crippen molar-refractivity contribution in [2.24, 2.45) is 0 Å². The van der Waals surface area contributed by atoms with Gasteiger partial charge in [-0.1, -0.05) is 17.2 Å². The van der Waals surface area contributed by atoms with Gasteiger partial charge in [-0.05, 0) is 44.4 Å². The number of hydrogen-bond acceptors (Lipinski definition) is 2. The summed E-state index contributed by atoms with van der Waals surface area (Å²) in [4.78, 5) is 22.9. The molecule has 5 heteroatoms. The minimum absolute atomic E-state index is 0.0240. The minimum Gasteiger partial charge on any atom is -0.478 e. The van der Waals surface area contributed by atoms with Crippen LogP contribution in [-0.2, 0) is 4.79 Å². The number of carbonyl (C=O) groups excluding carboxylic acids is 1. The number of hydrogen-bond donors (Lipinski definition) is 2. The number of carboxylic acids is 1. The molecule has 0 spiro atoms. The summed E-state index contributed by atoms with van der Waals surface area (Å²) in [6, 6.07) is 4.38. The Morgan fingerprint density at radius 3 is 2.58 bits per heavy atom. The fourth-order valence-corrected chi connectivity index (χ4v) is 2.44. The van der Waals surface area contributed by atoms with Crippen molar-refractivity contribution in [3.63, 3.8) is 0 Å². The molecule has 0 saturated carbocycles. The van der Waals surface area contributed by atoms with Crippen molar-refractivity contribution in [1.82, 2.24) is 0 Å². The van der Waals surface area contributed by atoms with Crippen LogP contribution in [0, 0.1) is 0 Å². The molecule has 0 fully saturated rings. The van der Waals surface area contributed by atoms with E-state index in [1.54, 1.807) is 0 Å². The smallest absolute Gasteiger partial charge is 0.337 e. The zero-order valence-electron chi connectivity index (χ0n) is 10.5. The van der Waals surface area contributed by atoms with Gasteiger partial charge < -0.3 is 10.4 Å². The Bertz CT molecular complexity index is 578. The predicted octanol–water partition coefficient (Wildman–Crippen LogP) is 3.48. The number of aromatic carboxylic acids is 1. The van der Waals surface area contributed by atoms with Gasteiger partial charge in [-0.15, -0.1) is 0 Å². The van der Waals surface area contributed by atoms with Crippen molar-refractivity contribution in [1.29, 1.82) is 0 Å². The average molecular weight is 280 g/mol. The normalized spacial score (nSPS) is 14.6. The van der Waals surface area contributed by atoms with E-state index >= 15 is 0 Å². The number of amides is 1. The van der Waals surface area contributed by atoms with Crippen LogP contribution in [0.25, 0.3) is 0 Å². The van der Waals surface area contributed by atoms with Crippen LogP contribution in [0.15, 0.2) is 29.3 Å². The lowest BCUT2D eigenvalue weighted by molar-refractivity contribution is -0.113. The van der Waals surface area contributed by atoms with Crippen LogP contribution in [-0.4, -0.2) is 17.0 Å². The zero-order valence-corrected chi connectivity index (χ0v) is 11.3. The molecule has 2 N–H and O–H groups in total. The van der Waals surface area contributed by atoms with E-state index in [0.29, 0.717) is 5.69 Å². The van der Waals surface area contributed by atoms with Crippen LogP contribution in [0.1, 0.15) is 36.5 Å². The fourth-order valence-electron chi connectivity index (χ4n) is 2.17. The standard InChI is InChI=1S/C14H14ClNO3/c1-8-3-2-4-10(8)13(17)16-9-5-6-11(14(18)19)12(15)7-9/h5-7H,2-4H2,1H3,(H,16,17)(H,18,19). The van der Waals surface area contributed by atoms with Gasteiger partial charge in [0.15, 0.2) is 0 Å². The Balaban J connectivity index is 2.16. The monoisotopic (exact) mass is 279 g/mol. The van der Waals surface area contributed by atoms with E-state index in [2.05, 4.69) is 5.32 Å². The van der Waals surface area contributed by atoms with Gasteiger partial charge in [-0.2, -0.15) is 0 Å². The zero-order chi connectivity index (χ0) is 14.0. The van der Waals surface area contributed by atoms with Crippen molar-refractivity contribution in [3.05, 3.63) is 39.9 Å². The van der Waals surface area contributed by atoms with E-state index in [-0.39, 0.29) is 16.5 Å². The van der Waals surface area contributed by atoms with Crippen LogP contribution < -0.4 is 5.32 Å². The number of halogens is 1. The average Bonchev–Trinajstić information content (AvgIpc) is 2.75. The number of carboxylic acid groups (broad SMARTS) is 1. The second-order valence-corrected chi connectivity index (χ2v) is 4.97. The van der Waals surface area contributed by atoms with Crippen LogP contribution in [0.2, 0.25) is 5.02 Å². The quantitative estimate of drug-likeness (QED) is 0.890. The highest BCUT2D eigenvalue weighted by molar-refractivity contribution is 6.33. The Morgan fingerprint density at radius 1 is 1.32 bits per heavy atom. The SMILES string of the molecule is CC1=C(C(=O)Nc2ccc(C(=O)O)c(Cl)c2)CCC1. The first-order chi connectivity index (χ1) is 8.99. The van der Waals surface area contributed by atoms with Crippen molar-refractivity contribution in [2.45, 2.75) is 26.2 Å². The molecule has 1 aromatic rings. The molecule has 1 aromatic carbocycles. The number of allylic oxidation sites excluding steroid dienone is 1. The topological polar surface area (TPSA) is 66.4 Å². The lowest BCUT2D eigenvalue weighted by atomic mass is 10.1. The first-order valence-corrected chi connectivity index (χ1v) is 6.39. The molecule has 0 radical (unpaired) electrons. The molecule has 4 nitrogen and oxygen atoms in total. The summed E-state index contributed by atoms with van der Waals surface area (Å²) < 4.78 is 0. The highest BCUT2D eigenvalue weighted by atomic mass is 35.5. The molecule has 100 valence electrons. The second-order valence-electron chi connectivity index (χ2n) is 4.57. The molecular weight excluding hydrogens is 266 g/mol. The van der Waals surface area contributed by atoms with E-state index in [1.807, 2.05) is 6.92 Å². The fraction of sp³-hybridized carbons (Fsp3) is 0.286. The van der Waals surface area contributed by atoms with Gasteiger partial charge >= 0.3 is 5.97 Å². The highest BCUT2D eigenvalue weighted by Crippen LogP contribution is 2.27. The third-order valence-electron chi connectivity index (χ3n) is 3.23. The first kappa shape index (κ1) is 13.6. The molecule has 0 heterocycles. The van der Waals surface area contributed by atoms with E-state index in [9.17, 15) is 9.59 Å². The summed E-state index contributed by atoms with van der Waals surface area (Å²) in [6.45, 7) is 1.96. The molecule has 0 atom stereocenters. The molecule has 1 aliphatic carbocycles.